The van der Waals surface area contributed by atoms with Crippen molar-refractivity contribution in [2.75, 3.05) is 26.0 Å². The zero-order chi connectivity index (χ0) is 15.5. The molecule has 0 atom stereocenters. The number of halogens is 1. The number of nitrogens with two attached hydrogens (primary N) is 1. The Morgan fingerprint density at radius 1 is 1.27 bits per heavy atom. The molecule has 0 heterocycles. The summed E-state index contributed by atoms with van der Waals surface area (Å²) in [6.45, 7) is 0.370. The molecule has 0 aromatic heterocycles. The van der Waals surface area contributed by atoms with Crippen molar-refractivity contribution in [1.29, 1.82) is 0 Å². The molecule has 122 valence electrons. The summed E-state index contributed by atoms with van der Waals surface area (Å²) in [4.78, 5) is 26.0. The topological polar surface area (TPSA) is 75.4 Å². The molecule has 0 saturated heterocycles. The molecule has 0 spiro atoms. The summed E-state index contributed by atoms with van der Waals surface area (Å²) in [5.74, 6) is -0.113. The fourth-order valence-corrected chi connectivity index (χ4v) is 2.83. The first kappa shape index (κ1) is 18.5. The molecule has 0 aliphatic heterocycles. The summed E-state index contributed by atoms with van der Waals surface area (Å²) in [5, 5.41) is 2.92. The summed E-state index contributed by atoms with van der Waals surface area (Å²) in [6.07, 6.45) is 3.77. The number of anilines is 1. The van der Waals surface area contributed by atoms with Crippen molar-refractivity contribution in [2.45, 2.75) is 25.7 Å². The van der Waals surface area contributed by atoms with Gasteiger partial charge in [0.25, 0.3) is 5.91 Å². The fraction of sp³-hybridized carbons (Fsp3) is 0.500. The lowest BCUT2D eigenvalue weighted by molar-refractivity contribution is -0.124. The highest BCUT2D eigenvalue weighted by Crippen LogP contribution is 2.38. The van der Waals surface area contributed by atoms with E-state index in [4.69, 9.17) is 5.73 Å². The molecular formula is C16H24ClN3O2. The van der Waals surface area contributed by atoms with Gasteiger partial charge in [0, 0.05) is 31.9 Å². The predicted molar refractivity (Wildman–Crippen MR) is 90.3 cm³/mol. The molecule has 0 bridgehead atoms. The second kappa shape index (κ2) is 7.61. The van der Waals surface area contributed by atoms with Crippen LogP contribution in [0.4, 0.5) is 5.69 Å². The van der Waals surface area contributed by atoms with Gasteiger partial charge in [-0.25, -0.2) is 0 Å². The molecule has 1 aromatic carbocycles. The second-order valence-corrected chi connectivity index (χ2v) is 5.93. The Kier molecular flexibility index (Phi) is 6.38. The van der Waals surface area contributed by atoms with Gasteiger partial charge in [-0.05, 0) is 31.0 Å². The minimum Gasteiger partial charge on any atom is -0.345 e. The van der Waals surface area contributed by atoms with Crippen molar-refractivity contribution in [2.24, 2.45) is 11.1 Å². The van der Waals surface area contributed by atoms with Crippen LogP contribution in [0.15, 0.2) is 24.3 Å². The van der Waals surface area contributed by atoms with Crippen molar-refractivity contribution in [1.82, 2.24) is 4.90 Å². The fourth-order valence-electron chi connectivity index (χ4n) is 2.83. The summed E-state index contributed by atoms with van der Waals surface area (Å²) < 4.78 is 0. The minimum atomic E-state index is -0.443. The van der Waals surface area contributed by atoms with E-state index in [0.717, 1.165) is 25.7 Å². The van der Waals surface area contributed by atoms with Crippen LogP contribution in [0.1, 0.15) is 36.0 Å². The zero-order valence-electron chi connectivity index (χ0n) is 13.1. The van der Waals surface area contributed by atoms with Crippen molar-refractivity contribution in [3.8, 4) is 0 Å². The maximum absolute atomic E-state index is 12.5. The van der Waals surface area contributed by atoms with Crippen molar-refractivity contribution in [3.05, 3.63) is 29.8 Å². The van der Waals surface area contributed by atoms with Crippen molar-refractivity contribution >= 4 is 29.9 Å². The number of nitrogens with zero attached hydrogens (tertiary/aromatic N) is 1. The molecule has 22 heavy (non-hydrogen) atoms. The lowest BCUT2D eigenvalue weighted by Gasteiger charge is -2.25. The van der Waals surface area contributed by atoms with Gasteiger partial charge in [-0.2, -0.15) is 0 Å². The molecule has 0 radical (unpaired) electrons. The Morgan fingerprint density at radius 3 is 2.45 bits per heavy atom. The van der Waals surface area contributed by atoms with Gasteiger partial charge < -0.3 is 16.0 Å². The smallest absolute Gasteiger partial charge is 0.253 e. The highest BCUT2D eigenvalue weighted by molar-refractivity contribution is 5.98. The number of carbonyl (C=O) groups is 2. The first-order valence-electron chi connectivity index (χ1n) is 7.32. The van der Waals surface area contributed by atoms with E-state index in [0.29, 0.717) is 17.8 Å². The quantitative estimate of drug-likeness (QED) is 0.891. The standard InChI is InChI=1S/C16H23N3O2.ClH/c1-19(2)14(20)12-6-5-7-13(10-12)18-15(21)16(11-17)8-3-4-9-16;/h5-7,10H,3-4,8-9,11,17H2,1-2H3,(H,18,21);1H. The van der Waals surface area contributed by atoms with Gasteiger partial charge in [-0.1, -0.05) is 18.9 Å². The molecule has 1 saturated carbocycles. The predicted octanol–water partition coefficient (Wildman–Crippen LogP) is 2.27. The minimum absolute atomic E-state index is 0. The van der Waals surface area contributed by atoms with Crippen LogP contribution in [0.5, 0.6) is 0 Å². The maximum Gasteiger partial charge on any atom is 0.253 e. The van der Waals surface area contributed by atoms with Gasteiger partial charge in [0.05, 0.1) is 5.41 Å². The number of rotatable bonds is 4. The molecule has 5 nitrogen and oxygen atoms in total. The van der Waals surface area contributed by atoms with Crippen LogP contribution in [0.25, 0.3) is 0 Å². The third-order valence-electron chi connectivity index (χ3n) is 4.21. The van der Waals surface area contributed by atoms with E-state index in [1.165, 1.54) is 4.90 Å². The number of amides is 2. The van der Waals surface area contributed by atoms with Gasteiger partial charge in [-0.15, -0.1) is 12.4 Å². The molecule has 3 N–H and O–H groups in total. The van der Waals surface area contributed by atoms with E-state index in [1.54, 1.807) is 38.4 Å². The van der Waals surface area contributed by atoms with Crippen LogP contribution in [-0.2, 0) is 4.79 Å². The van der Waals surface area contributed by atoms with Crippen LogP contribution in [0.2, 0.25) is 0 Å². The van der Waals surface area contributed by atoms with E-state index in [1.807, 2.05) is 0 Å². The summed E-state index contributed by atoms with van der Waals surface area (Å²) in [6, 6.07) is 7.02. The van der Waals surface area contributed by atoms with Crippen LogP contribution in [-0.4, -0.2) is 37.4 Å². The zero-order valence-corrected chi connectivity index (χ0v) is 13.9. The molecule has 1 aromatic rings. The maximum atomic E-state index is 12.5. The lowest BCUT2D eigenvalue weighted by atomic mass is 9.85. The average Bonchev–Trinajstić information content (AvgIpc) is 2.96. The Labute approximate surface area is 137 Å². The number of benzene rings is 1. The van der Waals surface area contributed by atoms with E-state index in [9.17, 15) is 9.59 Å². The first-order valence-corrected chi connectivity index (χ1v) is 7.32. The number of nitrogens with one attached hydrogen (secondary N) is 1. The number of hydrogen-bond donors (Lipinski definition) is 2. The highest BCUT2D eigenvalue weighted by Gasteiger charge is 2.39. The Morgan fingerprint density at radius 2 is 1.91 bits per heavy atom. The normalized spacial score (nSPS) is 15.8. The summed E-state index contributed by atoms with van der Waals surface area (Å²) >= 11 is 0. The number of hydrogen-bond acceptors (Lipinski definition) is 3. The van der Waals surface area contributed by atoms with Crippen molar-refractivity contribution in [3.63, 3.8) is 0 Å². The Hall–Kier alpha value is -1.59. The molecule has 2 amide bonds. The molecular weight excluding hydrogens is 302 g/mol. The Balaban J connectivity index is 0.00000242. The second-order valence-electron chi connectivity index (χ2n) is 5.93. The van der Waals surface area contributed by atoms with E-state index >= 15 is 0 Å². The van der Waals surface area contributed by atoms with Gasteiger partial charge in [-0.3, -0.25) is 9.59 Å². The van der Waals surface area contributed by atoms with Gasteiger partial charge in [0.1, 0.15) is 0 Å². The molecule has 1 aliphatic rings. The Bertz CT molecular complexity index is 540. The first-order chi connectivity index (χ1) is 9.98. The molecule has 0 unspecified atom stereocenters. The van der Waals surface area contributed by atoms with Crippen LogP contribution in [0.3, 0.4) is 0 Å². The van der Waals surface area contributed by atoms with Crippen LogP contribution in [0, 0.1) is 5.41 Å². The van der Waals surface area contributed by atoms with Crippen LogP contribution < -0.4 is 11.1 Å². The van der Waals surface area contributed by atoms with Gasteiger partial charge in [0.2, 0.25) is 5.91 Å². The van der Waals surface area contributed by atoms with Gasteiger partial charge >= 0.3 is 0 Å². The van der Waals surface area contributed by atoms with Crippen molar-refractivity contribution < 1.29 is 9.59 Å². The SMILES string of the molecule is CN(C)C(=O)c1cccc(NC(=O)C2(CN)CCCC2)c1.Cl. The van der Waals surface area contributed by atoms with Gasteiger partial charge in [0.15, 0.2) is 0 Å². The third kappa shape index (κ3) is 3.78. The molecule has 2 rings (SSSR count). The summed E-state index contributed by atoms with van der Waals surface area (Å²) in [5.41, 5.74) is 6.58. The lowest BCUT2D eigenvalue weighted by Crippen LogP contribution is -2.40. The van der Waals surface area contributed by atoms with Crippen LogP contribution >= 0.6 is 12.4 Å². The third-order valence-corrected chi connectivity index (χ3v) is 4.21. The molecule has 1 aliphatic carbocycles. The van der Waals surface area contributed by atoms with E-state index in [-0.39, 0.29) is 24.2 Å². The highest BCUT2D eigenvalue weighted by atomic mass is 35.5. The number of carbonyl (C=O) groups excluding carboxylic acids is 2. The molecule has 1 fully saturated rings. The monoisotopic (exact) mass is 325 g/mol. The molecule has 6 heteroatoms. The van der Waals surface area contributed by atoms with E-state index < -0.39 is 5.41 Å². The average molecular weight is 326 g/mol. The summed E-state index contributed by atoms with van der Waals surface area (Å²) in [7, 11) is 3.41. The largest absolute Gasteiger partial charge is 0.345 e. The van der Waals surface area contributed by atoms with E-state index in [2.05, 4.69) is 5.32 Å².